The first-order valence-electron chi connectivity index (χ1n) is 7.56. The highest BCUT2D eigenvalue weighted by Gasteiger charge is 2.22. The number of hydrogen-bond donors (Lipinski definition) is 2. The Morgan fingerprint density at radius 2 is 1.86 bits per heavy atom. The van der Waals surface area contributed by atoms with E-state index in [4.69, 9.17) is 14.2 Å². The third-order valence-corrected chi connectivity index (χ3v) is 3.46. The smallest absolute Gasteiger partial charge is 0.203 e. The molecular weight excluding hydrogens is 282 g/mol. The van der Waals surface area contributed by atoms with Crippen LogP contribution in [0.15, 0.2) is 17.1 Å². The van der Waals surface area contributed by atoms with Gasteiger partial charge in [0.05, 0.1) is 27.9 Å². The molecule has 0 bridgehead atoms. The first-order valence-corrected chi connectivity index (χ1v) is 7.56. The first kappa shape index (κ1) is 16.3. The van der Waals surface area contributed by atoms with Crippen molar-refractivity contribution in [3.05, 3.63) is 17.7 Å². The van der Waals surface area contributed by atoms with Crippen LogP contribution >= 0.6 is 0 Å². The Bertz CT molecular complexity index is 528. The van der Waals surface area contributed by atoms with E-state index < -0.39 is 0 Å². The van der Waals surface area contributed by atoms with Crippen LogP contribution in [0.25, 0.3) is 0 Å². The van der Waals surface area contributed by atoms with Gasteiger partial charge in [0, 0.05) is 18.2 Å². The third-order valence-electron chi connectivity index (χ3n) is 3.46. The van der Waals surface area contributed by atoms with E-state index in [2.05, 4.69) is 22.5 Å². The minimum atomic E-state index is 0.506. The quantitative estimate of drug-likeness (QED) is 0.595. The highest BCUT2D eigenvalue weighted by atomic mass is 16.5. The van der Waals surface area contributed by atoms with Gasteiger partial charge >= 0.3 is 0 Å². The molecule has 122 valence electrons. The van der Waals surface area contributed by atoms with Crippen LogP contribution in [0.3, 0.4) is 0 Å². The van der Waals surface area contributed by atoms with Crippen LogP contribution in [0.2, 0.25) is 0 Å². The van der Waals surface area contributed by atoms with Crippen molar-refractivity contribution in [2.45, 2.75) is 32.4 Å². The Morgan fingerprint density at radius 3 is 2.41 bits per heavy atom. The van der Waals surface area contributed by atoms with E-state index in [9.17, 15) is 0 Å². The summed E-state index contributed by atoms with van der Waals surface area (Å²) in [6.45, 7) is 3.40. The summed E-state index contributed by atoms with van der Waals surface area (Å²) in [7, 11) is 4.84. The lowest BCUT2D eigenvalue weighted by Gasteiger charge is -2.15. The minimum Gasteiger partial charge on any atom is -0.493 e. The van der Waals surface area contributed by atoms with Gasteiger partial charge in [-0.3, -0.25) is 0 Å². The summed E-state index contributed by atoms with van der Waals surface area (Å²) < 4.78 is 16.2. The van der Waals surface area contributed by atoms with Crippen LogP contribution in [0.4, 0.5) is 0 Å². The van der Waals surface area contributed by atoms with Crippen LogP contribution in [-0.4, -0.2) is 39.9 Å². The van der Waals surface area contributed by atoms with E-state index in [-0.39, 0.29) is 0 Å². The number of rotatable bonds is 7. The zero-order valence-electron chi connectivity index (χ0n) is 13.7. The molecule has 2 rings (SSSR count). The number of ether oxygens (including phenoxy) is 3. The van der Waals surface area contributed by atoms with Gasteiger partial charge in [0.25, 0.3) is 0 Å². The molecule has 1 aliphatic carbocycles. The van der Waals surface area contributed by atoms with Crippen molar-refractivity contribution in [1.29, 1.82) is 0 Å². The van der Waals surface area contributed by atoms with Gasteiger partial charge < -0.3 is 24.8 Å². The molecular formula is C16H25N3O3. The van der Waals surface area contributed by atoms with Crippen molar-refractivity contribution >= 4 is 5.96 Å². The van der Waals surface area contributed by atoms with Gasteiger partial charge in [-0.2, -0.15) is 0 Å². The van der Waals surface area contributed by atoms with Crippen molar-refractivity contribution in [2.75, 3.05) is 27.9 Å². The summed E-state index contributed by atoms with van der Waals surface area (Å²) in [5.41, 5.74) is 0.952. The van der Waals surface area contributed by atoms with E-state index in [0.717, 1.165) is 18.1 Å². The topological polar surface area (TPSA) is 64.1 Å². The van der Waals surface area contributed by atoms with Gasteiger partial charge in [0.15, 0.2) is 17.5 Å². The molecule has 0 aromatic heterocycles. The Labute approximate surface area is 131 Å². The fourth-order valence-corrected chi connectivity index (χ4v) is 2.19. The number of nitrogens with one attached hydrogen (secondary N) is 2. The lowest BCUT2D eigenvalue weighted by Crippen LogP contribution is -2.38. The molecule has 1 aliphatic rings. The molecule has 1 saturated carbocycles. The lowest BCUT2D eigenvalue weighted by atomic mass is 10.1. The van der Waals surface area contributed by atoms with Crippen LogP contribution in [0, 0.1) is 0 Å². The molecule has 0 radical (unpaired) electrons. The maximum absolute atomic E-state index is 5.48. The van der Waals surface area contributed by atoms with E-state index in [1.807, 2.05) is 12.1 Å². The maximum Gasteiger partial charge on any atom is 0.203 e. The van der Waals surface area contributed by atoms with Crippen molar-refractivity contribution in [3.63, 3.8) is 0 Å². The SMILES string of the molecule is CCNC(=NCc1ccc(OC)c(OC)c1OC)NC1CC1. The second kappa shape index (κ2) is 7.77. The van der Waals surface area contributed by atoms with Crippen LogP contribution in [0.5, 0.6) is 17.2 Å². The monoisotopic (exact) mass is 307 g/mol. The van der Waals surface area contributed by atoms with Gasteiger partial charge in [-0.1, -0.05) is 0 Å². The molecule has 6 nitrogen and oxygen atoms in total. The Morgan fingerprint density at radius 1 is 1.14 bits per heavy atom. The summed E-state index contributed by atoms with van der Waals surface area (Å²) in [5.74, 6) is 2.74. The lowest BCUT2D eigenvalue weighted by molar-refractivity contribution is 0.322. The highest BCUT2D eigenvalue weighted by molar-refractivity contribution is 5.80. The molecule has 1 fully saturated rings. The molecule has 0 unspecified atom stereocenters. The molecule has 0 heterocycles. The first-order chi connectivity index (χ1) is 10.7. The number of nitrogens with zero attached hydrogens (tertiary/aromatic N) is 1. The van der Waals surface area contributed by atoms with Gasteiger partial charge in [-0.05, 0) is 31.9 Å². The maximum atomic E-state index is 5.48. The highest BCUT2D eigenvalue weighted by Crippen LogP contribution is 2.39. The summed E-state index contributed by atoms with van der Waals surface area (Å²) in [6, 6.07) is 4.38. The van der Waals surface area contributed by atoms with Gasteiger partial charge in [-0.25, -0.2) is 4.99 Å². The van der Waals surface area contributed by atoms with Crippen LogP contribution in [0.1, 0.15) is 25.3 Å². The average Bonchev–Trinajstić information content (AvgIpc) is 3.35. The molecule has 0 spiro atoms. The molecule has 1 aromatic carbocycles. The summed E-state index contributed by atoms with van der Waals surface area (Å²) in [4.78, 5) is 4.62. The van der Waals surface area contributed by atoms with Crippen LogP contribution < -0.4 is 24.8 Å². The summed E-state index contributed by atoms with van der Waals surface area (Å²) in [5, 5.41) is 6.65. The molecule has 0 saturated heterocycles. The minimum absolute atomic E-state index is 0.506. The average molecular weight is 307 g/mol. The second-order valence-corrected chi connectivity index (χ2v) is 5.11. The standard InChI is InChI=1S/C16H25N3O3/c1-5-17-16(19-12-7-8-12)18-10-11-6-9-13(20-2)15(22-4)14(11)21-3/h6,9,12H,5,7-8,10H2,1-4H3,(H2,17,18,19). The van der Waals surface area contributed by atoms with Crippen molar-refractivity contribution in [2.24, 2.45) is 4.99 Å². The van der Waals surface area contributed by atoms with Gasteiger partial charge in [-0.15, -0.1) is 0 Å². The molecule has 22 heavy (non-hydrogen) atoms. The molecule has 0 atom stereocenters. The number of methoxy groups -OCH3 is 3. The van der Waals surface area contributed by atoms with Crippen LogP contribution in [-0.2, 0) is 6.54 Å². The molecule has 2 N–H and O–H groups in total. The molecule has 0 aliphatic heterocycles. The number of benzene rings is 1. The molecule has 0 amide bonds. The zero-order chi connectivity index (χ0) is 15.9. The zero-order valence-corrected chi connectivity index (χ0v) is 13.7. The Balaban J connectivity index is 2.19. The number of guanidine groups is 1. The fraction of sp³-hybridized carbons (Fsp3) is 0.562. The Kier molecular flexibility index (Phi) is 5.75. The van der Waals surface area contributed by atoms with Crippen molar-refractivity contribution < 1.29 is 14.2 Å². The fourth-order valence-electron chi connectivity index (χ4n) is 2.19. The second-order valence-electron chi connectivity index (χ2n) is 5.11. The summed E-state index contributed by atoms with van der Waals surface area (Å²) in [6.07, 6.45) is 2.42. The number of hydrogen-bond acceptors (Lipinski definition) is 4. The van der Waals surface area contributed by atoms with Gasteiger partial charge in [0.1, 0.15) is 0 Å². The van der Waals surface area contributed by atoms with E-state index in [0.29, 0.717) is 29.8 Å². The van der Waals surface area contributed by atoms with Gasteiger partial charge in [0.2, 0.25) is 5.75 Å². The van der Waals surface area contributed by atoms with Crippen molar-refractivity contribution in [3.8, 4) is 17.2 Å². The molecule has 1 aromatic rings. The molecule has 6 heteroatoms. The van der Waals surface area contributed by atoms with Crippen molar-refractivity contribution in [1.82, 2.24) is 10.6 Å². The third kappa shape index (κ3) is 3.96. The predicted octanol–water partition coefficient (Wildman–Crippen LogP) is 1.93. The Hall–Kier alpha value is -2.11. The summed E-state index contributed by atoms with van der Waals surface area (Å²) >= 11 is 0. The largest absolute Gasteiger partial charge is 0.493 e. The van der Waals surface area contributed by atoms with E-state index in [1.165, 1.54) is 12.8 Å². The van der Waals surface area contributed by atoms with E-state index >= 15 is 0 Å². The number of aliphatic imine (C=N–C) groups is 1. The normalized spacial score (nSPS) is 14.5. The van der Waals surface area contributed by atoms with E-state index in [1.54, 1.807) is 21.3 Å². The predicted molar refractivity (Wildman–Crippen MR) is 87.1 cm³/mol.